The summed E-state index contributed by atoms with van der Waals surface area (Å²) in [6.07, 6.45) is 7.00. The lowest BCUT2D eigenvalue weighted by Gasteiger charge is -2.07. The molecule has 2 nitrogen and oxygen atoms in total. The molecule has 1 aromatic carbocycles. The minimum atomic E-state index is -0.605. The van der Waals surface area contributed by atoms with Crippen LogP contribution in [-0.2, 0) is 4.79 Å². The van der Waals surface area contributed by atoms with Gasteiger partial charge >= 0.3 is 0 Å². The minimum Gasteiger partial charge on any atom is -0.324 e. The van der Waals surface area contributed by atoms with E-state index in [1.54, 1.807) is 12.1 Å². The summed E-state index contributed by atoms with van der Waals surface area (Å²) in [5, 5.41) is 0. The fourth-order valence-corrected chi connectivity index (χ4v) is 1.11. The van der Waals surface area contributed by atoms with Gasteiger partial charge in [0.25, 0.3) is 0 Å². The van der Waals surface area contributed by atoms with Crippen LogP contribution in [0.2, 0.25) is 0 Å². The molecule has 13 heavy (non-hydrogen) atoms. The van der Waals surface area contributed by atoms with Gasteiger partial charge < -0.3 is 5.73 Å². The second kappa shape index (κ2) is 4.44. The predicted molar refractivity (Wildman–Crippen MR) is 50.4 cm³/mol. The number of rotatable bonds is 3. The molecule has 0 aliphatic carbocycles. The predicted octanol–water partition coefficient (Wildman–Crippen LogP) is 0.888. The Labute approximate surface area is 77.8 Å². The average Bonchev–Trinajstić information content (AvgIpc) is 2.20. The zero-order valence-electron chi connectivity index (χ0n) is 7.16. The highest BCUT2D eigenvalue weighted by atomic mass is 16.1. The number of hydrogen-bond acceptors (Lipinski definition) is 2. The molecule has 0 bridgehead atoms. The molecule has 1 atom stereocenters. The van der Waals surface area contributed by atoms with Crippen molar-refractivity contribution >= 4 is 5.78 Å². The lowest BCUT2D eigenvalue weighted by Crippen LogP contribution is -2.20. The van der Waals surface area contributed by atoms with Gasteiger partial charge in [-0.05, 0) is 12.0 Å². The number of carbonyl (C=O) groups excluding carboxylic acids is 1. The molecule has 0 fully saturated rings. The third-order valence-electron chi connectivity index (χ3n) is 1.80. The molecule has 1 radical (unpaired) electrons. The van der Waals surface area contributed by atoms with E-state index in [0.29, 0.717) is 0 Å². The number of hydrogen-bond donors (Lipinski definition) is 1. The van der Waals surface area contributed by atoms with Crippen molar-refractivity contribution in [3.8, 4) is 5.92 Å². The van der Waals surface area contributed by atoms with Crippen LogP contribution >= 0.6 is 0 Å². The van der Waals surface area contributed by atoms with Gasteiger partial charge in [-0.15, -0.1) is 0 Å². The Morgan fingerprint density at radius 1 is 1.46 bits per heavy atom. The van der Waals surface area contributed by atoms with Crippen molar-refractivity contribution in [2.75, 3.05) is 6.54 Å². The summed E-state index contributed by atoms with van der Waals surface area (Å²) in [7, 11) is 0. The van der Waals surface area contributed by atoms with Gasteiger partial charge in [0.05, 0.1) is 6.54 Å². The molecular weight excluding hydrogens is 162 g/mol. The molecule has 0 spiro atoms. The largest absolute Gasteiger partial charge is 0.324 e. The topological polar surface area (TPSA) is 43.1 Å². The number of benzene rings is 1. The van der Waals surface area contributed by atoms with Gasteiger partial charge in [-0.25, -0.2) is 0 Å². The fraction of sp³-hybridized carbons (Fsp3) is 0.182. The van der Waals surface area contributed by atoms with Crippen molar-refractivity contribution in [2.24, 2.45) is 5.73 Å². The highest BCUT2D eigenvalue weighted by Crippen LogP contribution is 2.14. The lowest BCUT2D eigenvalue weighted by molar-refractivity contribution is -0.118. The maximum Gasteiger partial charge on any atom is 0.165 e. The molecule has 2 heteroatoms. The van der Waals surface area contributed by atoms with Crippen molar-refractivity contribution in [3.63, 3.8) is 0 Å². The van der Waals surface area contributed by atoms with Crippen molar-refractivity contribution in [2.45, 2.75) is 5.92 Å². The van der Waals surface area contributed by atoms with Crippen LogP contribution in [-0.4, -0.2) is 12.3 Å². The monoisotopic (exact) mass is 172 g/mol. The zero-order chi connectivity index (χ0) is 9.68. The van der Waals surface area contributed by atoms with Gasteiger partial charge in [0.15, 0.2) is 5.78 Å². The van der Waals surface area contributed by atoms with Crippen molar-refractivity contribution in [1.29, 1.82) is 0 Å². The maximum absolute atomic E-state index is 11.2. The van der Waals surface area contributed by atoms with Crippen LogP contribution in [0, 0.1) is 12.3 Å². The molecular formula is C11H10NO. The van der Waals surface area contributed by atoms with E-state index >= 15 is 0 Å². The van der Waals surface area contributed by atoms with E-state index < -0.39 is 5.92 Å². The van der Waals surface area contributed by atoms with E-state index in [1.165, 1.54) is 0 Å². The molecule has 2 N–H and O–H groups in total. The number of Topliss-reactive ketones (excluding diaryl/α,β-unsaturated/α-hetero) is 1. The summed E-state index contributed by atoms with van der Waals surface area (Å²) in [6.45, 7) is -0.0502. The van der Waals surface area contributed by atoms with Crippen molar-refractivity contribution in [3.05, 3.63) is 42.3 Å². The molecule has 0 aliphatic heterocycles. The molecule has 0 aliphatic rings. The van der Waals surface area contributed by atoms with E-state index in [1.807, 2.05) is 18.2 Å². The van der Waals surface area contributed by atoms with E-state index in [2.05, 4.69) is 5.92 Å². The first-order valence-corrected chi connectivity index (χ1v) is 3.99. The Hall–Kier alpha value is -1.59. The number of nitrogens with two attached hydrogens (primary N) is 1. The molecule has 65 valence electrons. The normalized spacial score (nSPS) is 11.7. The second-order valence-corrected chi connectivity index (χ2v) is 2.66. The lowest BCUT2D eigenvalue weighted by atomic mass is 9.96. The first-order valence-electron chi connectivity index (χ1n) is 3.99. The Morgan fingerprint density at radius 3 is 2.54 bits per heavy atom. The standard InChI is InChI=1S/C11H10NO/c1-2-10(11(13)8-12)9-6-4-3-5-7-9/h3-7,10H,8,12H2. The summed E-state index contributed by atoms with van der Waals surface area (Å²) < 4.78 is 0. The van der Waals surface area contributed by atoms with Crippen LogP contribution in [0.5, 0.6) is 0 Å². The Bertz CT molecular complexity index is 324. The van der Waals surface area contributed by atoms with Gasteiger partial charge in [-0.1, -0.05) is 36.3 Å². The maximum atomic E-state index is 11.2. The molecule has 0 aromatic heterocycles. The summed E-state index contributed by atoms with van der Waals surface area (Å²) in [5.74, 6) is 1.40. The van der Waals surface area contributed by atoms with E-state index in [0.717, 1.165) is 5.56 Å². The molecule has 0 saturated carbocycles. The van der Waals surface area contributed by atoms with Crippen LogP contribution in [0.4, 0.5) is 0 Å². The fourth-order valence-electron chi connectivity index (χ4n) is 1.11. The molecule has 0 amide bonds. The van der Waals surface area contributed by atoms with Crippen LogP contribution in [0.25, 0.3) is 0 Å². The second-order valence-electron chi connectivity index (χ2n) is 2.66. The number of ketones is 1. The third kappa shape index (κ3) is 2.17. The quantitative estimate of drug-likeness (QED) is 0.688. The Morgan fingerprint density at radius 2 is 2.08 bits per heavy atom. The smallest absolute Gasteiger partial charge is 0.165 e. The average molecular weight is 172 g/mol. The Balaban J connectivity index is 2.93. The zero-order valence-corrected chi connectivity index (χ0v) is 7.16. The Kier molecular flexibility index (Phi) is 3.24. The van der Waals surface area contributed by atoms with Gasteiger partial charge in [-0.3, -0.25) is 4.79 Å². The molecule has 1 rings (SSSR count). The summed E-state index contributed by atoms with van der Waals surface area (Å²) in [4.78, 5) is 11.2. The van der Waals surface area contributed by atoms with Crippen LogP contribution in [0.1, 0.15) is 11.5 Å². The van der Waals surface area contributed by atoms with Gasteiger partial charge in [0.2, 0.25) is 0 Å². The SMILES string of the molecule is [C]#CC(C(=O)CN)c1ccccc1. The minimum absolute atomic E-state index is 0.0502. The van der Waals surface area contributed by atoms with Crippen LogP contribution in [0.15, 0.2) is 30.3 Å². The van der Waals surface area contributed by atoms with E-state index in [-0.39, 0.29) is 12.3 Å². The summed E-state index contributed by atoms with van der Waals surface area (Å²) in [6, 6.07) is 9.09. The first kappa shape index (κ1) is 9.50. The summed E-state index contributed by atoms with van der Waals surface area (Å²) in [5.41, 5.74) is 5.98. The van der Waals surface area contributed by atoms with Crippen molar-refractivity contribution in [1.82, 2.24) is 0 Å². The van der Waals surface area contributed by atoms with E-state index in [4.69, 9.17) is 12.2 Å². The van der Waals surface area contributed by atoms with Gasteiger partial charge in [0, 0.05) is 0 Å². The molecule has 0 saturated heterocycles. The van der Waals surface area contributed by atoms with E-state index in [9.17, 15) is 4.79 Å². The molecule has 1 unspecified atom stereocenters. The molecule has 0 heterocycles. The summed E-state index contributed by atoms with van der Waals surface area (Å²) >= 11 is 0. The van der Waals surface area contributed by atoms with Gasteiger partial charge in [0.1, 0.15) is 5.92 Å². The molecule has 1 aromatic rings. The third-order valence-corrected chi connectivity index (χ3v) is 1.80. The van der Waals surface area contributed by atoms with Crippen molar-refractivity contribution < 1.29 is 4.79 Å². The first-order chi connectivity index (χ1) is 6.29. The number of carbonyl (C=O) groups is 1. The highest BCUT2D eigenvalue weighted by Gasteiger charge is 2.15. The van der Waals surface area contributed by atoms with Crippen LogP contribution < -0.4 is 5.73 Å². The van der Waals surface area contributed by atoms with Crippen LogP contribution in [0.3, 0.4) is 0 Å². The highest BCUT2D eigenvalue weighted by molar-refractivity contribution is 5.90. The van der Waals surface area contributed by atoms with Gasteiger partial charge in [-0.2, -0.15) is 0 Å².